The molecule has 6 N–H and O–H groups in total. The van der Waals surface area contributed by atoms with Crippen molar-refractivity contribution < 1.29 is 32.5 Å². The number of aliphatic carboxylic acids is 1. The summed E-state index contributed by atoms with van der Waals surface area (Å²) in [4.78, 5) is 48.2. The van der Waals surface area contributed by atoms with Gasteiger partial charge in [0.15, 0.2) is 11.8 Å². The minimum Gasteiger partial charge on any atom is -0.480 e. The van der Waals surface area contributed by atoms with Gasteiger partial charge in [0.05, 0.1) is 28.7 Å². The molecule has 17 nitrogen and oxygen atoms in total. The highest BCUT2D eigenvalue weighted by Gasteiger charge is 2.22. The van der Waals surface area contributed by atoms with Crippen molar-refractivity contribution in [3.05, 3.63) is 96.1 Å². The molecule has 48 heavy (non-hydrogen) atoms. The Labute approximate surface area is 273 Å². The number of H-pyrrole nitrogens is 1. The molecule has 0 spiro atoms. The summed E-state index contributed by atoms with van der Waals surface area (Å²) in [5.74, 6) is -1.84. The van der Waals surface area contributed by atoms with Gasteiger partial charge in [-0.3, -0.25) is 18.8 Å². The number of pyridine rings is 1. The van der Waals surface area contributed by atoms with Crippen LogP contribution >= 0.6 is 0 Å². The molecule has 0 saturated heterocycles. The molecule has 248 valence electrons. The molecule has 0 aliphatic heterocycles. The van der Waals surface area contributed by atoms with Gasteiger partial charge in [-0.25, -0.2) is 14.8 Å². The van der Waals surface area contributed by atoms with Crippen molar-refractivity contribution in [3.8, 4) is 0 Å². The average Bonchev–Trinajstić information content (AvgIpc) is 3.74. The Balaban J connectivity index is 1.12. The summed E-state index contributed by atoms with van der Waals surface area (Å²) in [6, 6.07) is 12.1. The molecule has 2 amide bonds. The third-order valence-corrected chi connectivity index (χ3v) is 7.94. The van der Waals surface area contributed by atoms with Crippen LogP contribution in [0.5, 0.6) is 0 Å². The van der Waals surface area contributed by atoms with E-state index in [9.17, 15) is 32.5 Å². The summed E-state index contributed by atoms with van der Waals surface area (Å²) in [7, 11) is -4.43. The van der Waals surface area contributed by atoms with Crippen LogP contribution in [-0.2, 0) is 28.0 Å². The largest absolute Gasteiger partial charge is 0.480 e. The summed E-state index contributed by atoms with van der Waals surface area (Å²) in [6.07, 6.45) is 6.99. The maximum absolute atomic E-state index is 12.9. The van der Waals surface area contributed by atoms with Crippen LogP contribution in [0.2, 0.25) is 0 Å². The molecule has 0 bridgehead atoms. The summed E-state index contributed by atoms with van der Waals surface area (Å²) < 4.78 is 34.2. The number of benzene rings is 2. The van der Waals surface area contributed by atoms with Crippen LogP contribution in [0.4, 0.5) is 11.8 Å². The second-order valence-corrected chi connectivity index (χ2v) is 11.7. The van der Waals surface area contributed by atoms with Gasteiger partial charge in [0, 0.05) is 49.2 Å². The number of amides is 2. The molecule has 0 radical (unpaired) electrons. The zero-order valence-electron chi connectivity index (χ0n) is 25.1. The number of fused-ring (bicyclic) bond motifs is 1. The quantitative estimate of drug-likeness (QED) is 0.0535. The van der Waals surface area contributed by atoms with E-state index in [0.717, 1.165) is 23.5 Å². The second kappa shape index (κ2) is 15.1. The van der Waals surface area contributed by atoms with Gasteiger partial charge in [0.1, 0.15) is 6.04 Å². The molecule has 3 heterocycles. The molecule has 0 saturated carbocycles. The van der Waals surface area contributed by atoms with E-state index in [1.165, 1.54) is 30.3 Å². The highest BCUT2D eigenvalue weighted by molar-refractivity contribution is 7.85. The van der Waals surface area contributed by atoms with Crippen LogP contribution in [0.15, 0.2) is 94.5 Å². The molecule has 2 aromatic carbocycles. The van der Waals surface area contributed by atoms with Gasteiger partial charge in [-0.2, -0.15) is 18.6 Å². The molecule has 1 atom stereocenters. The second-order valence-electron chi connectivity index (χ2n) is 10.3. The average molecular weight is 675 g/mol. The third kappa shape index (κ3) is 8.62. The number of carboxylic acid groups (broad SMARTS) is 1. The van der Waals surface area contributed by atoms with Crippen LogP contribution in [0.3, 0.4) is 0 Å². The van der Waals surface area contributed by atoms with Gasteiger partial charge >= 0.3 is 5.97 Å². The maximum atomic E-state index is 12.9. The monoisotopic (exact) mass is 674 g/mol. The smallest absolute Gasteiger partial charge is 0.328 e. The van der Waals surface area contributed by atoms with Crippen molar-refractivity contribution in [1.29, 1.82) is 0 Å². The van der Waals surface area contributed by atoms with Crippen molar-refractivity contribution in [1.82, 2.24) is 35.4 Å². The van der Waals surface area contributed by atoms with E-state index in [0.29, 0.717) is 24.6 Å². The van der Waals surface area contributed by atoms with Gasteiger partial charge in [-0.05, 0) is 48.4 Å². The standard InChI is InChI=1S/C30H30N10O7S/c41-27(19-6-8-24-22(14-19)17-37-40(24)13-3-10-31-30-32-11-12-33-30)35-18-23(29(43)44)38-28(42)21-7-9-26(34-15-21)39-36-16-20-4-1-2-5-25(20)48(45,46)47/h1-2,4-9,11-12,14-15,17,23H,3,10,13,16,18H2,(H,35,41)(H,38,42)(H,43,44)(H2,31,32,33)(H,45,46,47)/t23-/m0/s1. The first-order chi connectivity index (χ1) is 23.1. The fourth-order valence-corrected chi connectivity index (χ4v) is 5.31. The van der Waals surface area contributed by atoms with E-state index in [2.05, 4.69) is 46.2 Å². The van der Waals surface area contributed by atoms with Gasteiger partial charge in [-0.1, -0.05) is 18.2 Å². The number of carbonyl (C=O) groups excluding carboxylic acids is 2. The number of carbonyl (C=O) groups is 3. The highest BCUT2D eigenvalue weighted by atomic mass is 32.2. The first-order valence-corrected chi connectivity index (χ1v) is 15.9. The van der Waals surface area contributed by atoms with Gasteiger partial charge in [0.25, 0.3) is 21.9 Å². The number of hydrogen-bond acceptors (Lipinski definition) is 11. The van der Waals surface area contributed by atoms with Gasteiger partial charge < -0.3 is 26.0 Å². The van der Waals surface area contributed by atoms with Crippen LogP contribution in [0, 0.1) is 0 Å². The zero-order valence-corrected chi connectivity index (χ0v) is 26.0. The molecule has 18 heteroatoms. The van der Waals surface area contributed by atoms with E-state index in [4.69, 9.17) is 0 Å². The van der Waals surface area contributed by atoms with Crippen LogP contribution in [0.1, 0.15) is 32.7 Å². The number of azo groups is 1. The first kappa shape index (κ1) is 33.4. The maximum Gasteiger partial charge on any atom is 0.328 e. The van der Waals surface area contributed by atoms with Crippen LogP contribution in [0.25, 0.3) is 10.9 Å². The van der Waals surface area contributed by atoms with Crippen LogP contribution < -0.4 is 16.0 Å². The Morgan fingerprint density at radius 1 is 1.00 bits per heavy atom. The molecule has 0 fully saturated rings. The minimum absolute atomic E-state index is 0.0301. The van der Waals surface area contributed by atoms with Gasteiger partial charge in [-0.15, -0.1) is 5.11 Å². The lowest BCUT2D eigenvalue weighted by Crippen LogP contribution is -2.48. The Hall–Kier alpha value is -6.01. The Kier molecular flexibility index (Phi) is 10.5. The van der Waals surface area contributed by atoms with Crippen molar-refractivity contribution in [2.45, 2.75) is 30.4 Å². The van der Waals surface area contributed by atoms with E-state index in [1.54, 1.807) is 42.9 Å². The number of anilines is 1. The molecule has 3 aromatic heterocycles. The lowest BCUT2D eigenvalue weighted by atomic mass is 10.1. The SMILES string of the molecule is O=C(NC[C@H](NC(=O)c1ccc(N=NCc2ccccc2S(=O)(=O)O)nc1)C(=O)O)c1ccc2c(cnn2CCCNc2ncc[nH]2)c1. The van der Waals surface area contributed by atoms with Crippen molar-refractivity contribution in [2.24, 2.45) is 10.2 Å². The number of rotatable bonds is 15. The fourth-order valence-electron chi connectivity index (χ4n) is 4.59. The fraction of sp³-hybridized carbons (Fsp3) is 0.200. The van der Waals surface area contributed by atoms with E-state index < -0.39 is 33.9 Å². The Morgan fingerprint density at radius 3 is 2.54 bits per heavy atom. The summed E-state index contributed by atoms with van der Waals surface area (Å²) >= 11 is 0. The highest BCUT2D eigenvalue weighted by Crippen LogP contribution is 2.18. The summed E-state index contributed by atoms with van der Waals surface area (Å²) in [6.45, 7) is 0.782. The number of aromatic nitrogens is 5. The number of nitrogens with zero attached hydrogens (tertiary/aromatic N) is 6. The first-order valence-electron chi connectivity index (χ1n) is 14.5. The third-order valence-electron chi connectivity index (χ3n) is 6.99. The lowest BCUT2D eigenvalue weighted by Gasteiger charge is -2.15. The number of carboxylic acids is 1. The number of aromatic amines is 1. The van der Waals surface area contributed by atoms with Gasteiger partial charge in [0.2, 0.25) is 0 Å². The number of imidazole rings is 1. The molecular weight excluding hydrogens is 644 g/mol. The summed E-state index contributed by atoms with van der Waals surface area (Å²) in [5, 5.41) is 30.7. The molecule has 0 aliphatic rings. The predicted molar refractivity (Wildman–Crippen MR) is 171 cm³/mol. The minimum atomic E-state index is -4.43. The van der Waals surface area contributed by atoms with Crippen molar-refractivity contribution >= 4 is 50.6 Å². The molecular formula is C30H30N10O7S. The number of nitrogens with one attached hydrogen (secondary N) is 4. The predicted octanol–water partition coefficient (Wildman–Crippen LogP) is 2.80. The Bertz CT molecular complexity index is 2050. The number of hydrogen-bond donors (Lipinski definition) is 6. The topological polar surface area (TPSA) is 246 Å². The molecule has 0 aliphatic carbocycles. The van der Waals surface area contributed by atoms with E-state index in [1.807, 2.05) is 4.68 Å². The zero-order chi connectivity index (χ0) is 34.1. The molecule has 5 rings (SSSR count). The van der Waals surface area contributed by atoms with E-state index >= 15 is 0 Å². The van der Waals surface area contributed by atoms with Crippen LogP contribution in [-0.4, -0.2) is 79.7 Å². The molecule has 5 aromatic rings. The van der Waals surface area contributed by atoms with Crippen molar-refractivity contribution in [3.63, 3.8) is 0 Å². The summed E-state index contributed by atoms with van der Waals surface area (Å²) in [5.41, 5.74) is 1.39. The normalized spacial score (nSPS) is 12.2. The van der Waals surface area contributed by atoms with Crippen molar-refractivity contribution in [2.75, 3.05) is 18.4 Å². The van der Waals surface area contributed by atoms with E-state index in [-0.39, 0.29) is 34.9 Å². The number of aryl methyl sites for hydroxylation is 1. The Morgan fingerprint density at radius 2 is 1.81 bits per heavy atom. The lowest BCUT2D eigenvalue weighted by molar-refractivity contribution is -0.139. The molecule has 0 unspecified atom stereocenters.